The highest BCUT2D eigenvalue weighted by Crippen LogP contribution is 2.27. The predicted octanol–water partition coefficient (Wildman–Crippen LogP) is 3.51. The highest BCUT2D eigenvalue weighted by Gasteiger charge is 2.21. The van der Waals surface area contributed by atoms with Gasteiger partial charge in [-0.3, -0.25) is 0 Å². The molecule has 0 aliphatic carbocycles. The largest absolute Gasteiger partial charge is 0.304 e. The average Bonchev–Trinajstić information content (AvgIpc) is 2.88. The molecule has 96 valence electrons. The van der Waals surface area contributed by atoms with Crippen LogP contribution in [-0.2, 0) is 0 Å². The van der Waals surface area contributed by atoms with Crippen LogP contribution in [-0.4, -0.2) is 11.5 Å². The summed E-state index contributed by atoms with van der Waals surface area (Å²) < 4.78 is 27.1. The maximum Gasteiger partial charge on any atom is 0.164 e. The van der Waals surface area contributed by atoms with E-state index in [1.807, 2.05) is 12.3 Å². The maximum absolute atomic E-state index is 13.8. The molecule has 1 N–H and O–H groups in total. The molecule has 2 nitrogen and oxygen atoms in total. The normalized spacial score (nSPS) is 12.6. The summed E-state index contributed by atoms with van der Waals surface area (Å²) >= 11 is 1.43. The van der Waals surface area contributed by atoms with Gasteiger partial charge >= 0.3 is 0 Å². The number of benzene rings is 1. The summed E-state index contributed by atoms with van der Waals surface area (Å²) in [5, 5.41) is 5.77. The van der Waals surface area contributed by atoms with Crippen molar-refractivity contribution in [3.8, 4) is 0 Å². The van der Waals surface area contributed by atoms with Gasteiger partial charge in [0.05, 0.1) is 6.04 Å². The summed E-state index contributed by atoms with van der Waals surface area (Å²) in [6.45, 7) is 2.74. The number of hydrogen-bond acceptors (Lipinski definition) is 3. The minimum atomic E-state index is -0.827. The Labute approximate surface area is 109 Å². The van der Waals surface area contributed by atoms with Crippen molar-refractivity contribution in [2.75, 3.05) is 6.54 Å². The second-order valence-corrected chi connectivity index (χ2v) is 4.83. The average molecular weight is 268 g/mol. The molecule has 0 saturated heterocycles. The lowest BCUT2D eigenvalue weighted by Gasteiger charge is -2.17. The van der Waals surface area contributed by atoms with E-state index in [2.05, 4.69) is 10.3 Å². The van der Waals surface area contributed by atoms with Gasteiger partial charge in [-0.05, 0) is 19.0 Å². The zero-order valence-corrected chi connectivity index (χ0v) is 10.8. The van der Waals surface area contributed by atoms with Gasteiger partial charge in [-0.25, -0.2) is 13.8 Å². The van der Waals surface area contributed by atoms with Gasteiger partial charge in [0.1, 0.15) is 5.01 Å². The van der Waals surface area contributed by atoms with Crippen molar-refractivity contribution in [1.29, 1.82) is 0 Å². The Morgan fingerprint density at radius 3 is 2.89 bits per heavy atom. The third kappa shape index (κ3) is 2.73. The topological polar surface area (TPSA) is 24.9 Å². The van der Waals surface area contributed by atoms with Crippen molar-refractivity contribution in [2.45, 2.75) is 19.4 Å². The molecule has 0 aliphatic heterocycles. The van der Waals surface area contributed by atoms with Crippen LogP contribution < -0.4 is 5.32 Å². The van der Waals surface area contributed by atoms with Gasteiger partial charge in [0.25, 0.3) is 0 Å². The summed E-state index contributed by atoms with van der Waals surface area (Å²) in [5.41, 5.74) is 0.304. The van der Waals surface area contributed by atoms with Crippen molar-refractivity contribution in [2.24, 2.45) is 0 Å². The fourth-order valence-electron chi connectivity index (χ4n) is 1.74. The molecule has 1 unspecified atom stereocenters. The lowest BCUT2D eigenvalue weighted by atomic mass is 10.1. The van der Waals surface area contributed by atoms with Crippen molar-refractivity contribution >= 4 is 11.3 Å². The molecule has 0 amide bonds. The lowest BCUT2D eigenvalue weighted by Crippen LogP contribution is -2.24. The van der Waals surface area contributed by atoms with Crippen molar-refractivity contribution < 1.29 is 8.78 Å². The fraction of sp³-hybridized carbons (Fsp3) is 0.308. The van der Waals surface area contributed by atoms with E-state index in [9.17, 15) is 8.78 Å². The van der Waals surface area contributed by atoms with E-state index in [4.69, 9.17) is 0 Å². The molecule has 1 aromatic carbocycles. The first-order valence-corrected chi connectivity index (χ1v) is 6.68. The van der Waals surface area contributed by atoms with Gasteiger partial charge in [-0.1, -0.05) is 19.1 Å². The molecule has 0 fully saturated rings. The molecule has 1 atom stereocenters. The molecule has 2 rings (SSSR count). The van der Waals surface area contributed by atoms with Crippen LogP contribution in [0.15, 0.2) is 29.8 Å². The predicted molar refractivity (Wildman–Crippen MR) is 68.6 cm³/mol. The molecule has 0 bridgehead atoms. The molecule has 0 spiro atoms. The van der Waals surface area contributed by atoms with Crippen molar-refractivity contribution in [3.63, 3.8) is 0 Å². The van der Waals surface area contributed by atoms with Gasteiger partial charge in [-0.15, -0.1) is 11.3 Å². The molecule has 0 saturated carbocycles. The van der Waals surface area contributed by atoms with E-state index < -0.39 is 11.6 Å². The fourth-order valence-corrected chi connectivity index (χ4v) is 2.47. The summed E-state index contributed by atoms with van der Waals surface area (Å²) in [6.07, 6.45) is 2.58. The first kappa shape index (κ1) is 13.1. The van der Waals surface area contributed by atoms with Crippen LogP contribution >= 0.6 is 11.3 Å². The van der Waals surface area contributed by atoms with Crippen LogP contribution in [0.2, 0.25) is 0 Å². The van der Waals surface area contributed by atoms with E-state index in [1.165, 1.54) is 17.4 Å². The highest BCUT2D eigenvalue weighted by molar-refractivity contribution is 7.09. The van der Waals surface area contributed by atoms with E-state index in [0.717, 1.165) is 24.0 Å². The molecule has 0 aliphatic rings. The molecule has 0 radical (unpaired) electrons. The van der Waals surface area contributed by atoms with Gasteiger partial charge < -0.3 is 5.32 Å². The van der Waals surface area contributed by atoms with E-state index in [-0.39, 0.29) is 6.04 Å². The number of thiazole rings is 1. The van der Waals surface area contributed by atoms with Crippen LogP contribution in [0.4, 0.5) is 8.78 Å². The quantitative estimate of drug-likeness (QED) is 0.897. The maximum atomic E-state index is 13.8. The van der Waals surface area contributed by atoms with Crippen LogP contribution in [0.1, 0.15) is 30.0 Å². The van der Waals surface area contributed by atoms with Crippen LogP contribution in [0.3, 0.4) is 0 Å². The molecule has 5 heteroatoms. The molecule has 1 heterocycles. The molecule has 18 heavy (non-hydrogen) atoms. The molecule has 2 aromatic rings. The van der Waals surface area contributed by atoms with Crippen molar-refractivity contribution in [1.82, 2.24) is 10.3 Å². The SMILES string of the molecule is CCCNC(c1nccs1)c1cccc(F)c1F. The number of nitrogens with one attached hydrogen (secondary N) is 1. The Balaban J connectivity index is 2.37. The zero-order valence-electron chi connectivity index (χ0n) is 9.99. The van der Waals surface area contributed by atoms with Gasteiger partial charge in [0, 0.05) is 17.1 Å². The van der Waals surface area contributed by atoms with E-state index in [1.54, 1.807) is 12.3 Å². The number of nitrogens with zero attached hydrogens (tertiary/aromatic N) is 1. The van der Waals surface area contributed by atoms with Crippen LogP contribution in [0.5, 0.6) is 0 Å². The third-order valence-corrected chi connectivity index (χ3v) is 3.43. The smallest absolute Gasteiger partial charge is 0.164 e. The standard InChI is InChI=1S/C13H14F2N2S/c1-2-6-16-12(13-17-7-8-18-13)9-4-3-5-10(14)11(9)15/h3-5,7-8,12,16H,2,6H2,1H3. The lowest BCUT2D eigenvalue weighted by molar-refractivity contribution is 0.480. The van der Waals surface area contributed by atoms with Gasteiger partial charge in [0.15, 0.2) is 11.6 Å². The minimum Gasteiger partial charge on any atom is -0.304 e. The summed E-state index contributed by atoms with van der Waals surface area (Å²) in [4.78, 5) is 4.18. The highest BCUT2D eigenvalue weighted by atomic mass is 32.1. The number of rotatable bonds is 5. The second kappa shape index (κ2) is 6.02. The van der Waals surface area contributed by atoms with E-state index >= 15 is 0 Å². The Morgan fingerprint density at radius 2 is 2.22 bits per heavy atom. The van der Waals surface area contributed by atoms with E-state index in [0.29, 0.717) is 5.56 Å². The van der Waals surface area contributed by atoms with Gasteiger partial charge in [-0.2, -0.15) is 0 Å². The Kier molecular flexibility index (Phi) is 4.38. The summed E-state index contributed by atoms with van der Waals surface area (Å²) in [5.74, 6) is -1.63. The third-order valence-electron chi connectivity index (χ3n) is 2.59. The summed E-state index contributed by atoms with van der Waals surface area (Å²) in [7, 11) is 0. The van der Waals surface area contributed by atoms with Gasteiger partial charge in [0.2, 0.25) is 0 Å². The number of aromatic nitrogens is 1. The van der Waals surface area contributed by atoms with Crippen molar-refractivity contribution in [3.05, 3.63) is 52.0 Å². The first-order valence-electron chi connectivity index (χ1n) is 5.80. The minimum absolute atomic E-state index is 0.304. The Bertz CT molecular complexity index is 500. The monoisotopic (exact) mass is 268 g/mol. The zero-order chi connectivity index (χ0) is 13.0. The second-order valence-electron chi connectivity index (χ2n) is 3.90. The molecule has 1 aromatic heterocycles. The number of hydrogen-bond donors (Lipinski definition) is 1. The Hall–Kier alpha value is -1.33. The molecular weight excluding hydrogens is 254 g/mol. The summed E-state index contributed by atoms with van der Waals surface area (Å²) in [6, 6.07) is 3.84. The van der Waals surface area contributed by atoms with Crippen LogP contribution in [0, 0.1) is 11.6 Å². The van der Waals surface area contributed by atoms with Crippen LogP contribution in [0.25, 0.3) is 0 Å². The first-order chi connectivity index (χ1) is 8.74. The Morgan fingerprint density at radius 1 is 1.39 bits per heavy atom. The molecular formula is C13H14F2N2S. The number of halogens is 2.